The second-order valence-electron chi connectivity index (χ2n) is 2.80. The SMILES string of the molecule is NC(CCO[SiH3])c1ccccc1. The van der Waals surface area contributed by atoms with Gasteiger partial charge in [-0.25, -0.2) is 0 Å². The predicted molar refractivity (Wildman–Crippen MR) is 53.9 cm³/mol. The van der Waals surface area contributed by atoms with Crippen molar-refractivity contribution in [3.05, 3.63) is 35.9 Å². The van der Waals surface area contributed by atoms with E-state index in [2.05, 4.69) is 12.1 Å². The first-order chi connectivity index (χ1) is 5.84. The third kappa shape index (κ3) is 2.77. The van der Waals surface area contributed by atoms with E-state index in [-0.39, 0.29) is 6.04 Å². The molecule has 0 aromatic heterocycles. The lowest BCUT2D eigenvalue weighted by molar-refractivity contribution is 0.326. The summed E-state index contributed by atoms with van der Waals surface area (Å²) < 4.78 is 5.09. The molecule has 1 unspecified atom stereocenters. The highest BCUT2D eigenvalue weighted by Gasteiger charge is 2.02. The number of nitrogens with two attached hydrogens (primary N) is 1. The Morgan fingerprint density at radius 3 is 2.58 bits per heavy atom. The topological polar surface area (TPSA) is 35.2 Å². The molecule has 0 saturated heterocycles. The zero-order chi connectivity index (χ0) is 8.81. The lowest BCUT2D eigenvalue weighted by Crippen LogP contribution is -2.12. The largest absolute Gasteiger partial charge is 0.428 e. The van der Waals surface area contributed by atoms with Gasteiger partial charge in [0, 0.05) is 12.6 Å². The summed E-state index contributed by atoms with van der Waals surface area (Å²) in [7, 11) is 0.801. The fourth-order valence-corrected chi connectivity index (χ4v) is 1.35. The molecule has 66 valence electrons. The first-order valence-corrected chi connectivity index (χ1v) is 4.95. The van der Waals surface area contributed by atoms with Crippen LogP contribution in [-0.2, 0) is 4.43 Å². The van der Waals surface area contributed by atoms with Gasteiger partial charge < -0.3 is 10.2 Å². The van der Waals surface area contributed by atoms with Gasteiger partial charge in [0.1, 0.15) is 10.5 Å². The lowest BCUT2D eigenvalue weighted by Gasteiger charge is -2.10. The molecule has 1 atom stereocenters. The fraction of sp³-hybridized carbons (Fsp3) is 0.333. The monoisotopic (exact) mass is 181 g/mol. The van der Waals surface area contributed by atoms with Gasteiger partial charge in [-0.1, -0.05) is 30.3 Å². The molecule has 0 aliphatic carbocycles. The summed E-state index contributed by atoms with van der Waals surface area (Å²) in [4.78, 5) is 0. The molecule has 2 nitrogen and oxygen atoms in total. The van der Waals surface area contributed by atoms with E-state index in [0.29, 0.717) is 0 Å². The standard InChI is InChI=1S/C9H15NOSi/c10-9(6-7-11-12)8-4-2-1-3-5-8/h1-5,9H,6-7,10H2,12H3. The maximum Gasteiger partial charge on any atom is 0.145 e. The summed E-state index contributed by atoms with van der Waals surface area (Å²) >= 11 is 0. The van der Waals surface area contributed by atoms with E-state index >= 15 is 0 Å². The highest BCUT2D eigenvalue weighted by molar-refractivity contribution is 5.97. The minimum Gasteiger partial charge on any atom is -0.428 e. The van der Waals surface area contributed by atoms with Gasteiger partial charge in [0.2, 0.25) is 0 Å². The molecule has 3 heteroatoms. The molecule has 0 aliphatic rings. The van der Waals surface area contributed by atoms with Crippen molar-refractivity contribution in [2.45, 2.75) is 12.5 Å². The average Bonchev–Trinajstić information content (AvgIpc) is 2.15. The molecule has 0 radical (unpaired) electrons. The zero-order valence-corrected chi connectivity index (χ0v) is 9.36. The molecule has 1 rings (SSSR count). The normalized spacial score (nSPS) is 13.1. The van der Waals surface area contributed by atoms with Crippen LogP contribution in [0.3, 0.4) is 0 Å². The van der Waals surface area contributed by atoms with E-state index in [1.165, 1.54) is 5.56 Å². The second-order valence-corrected chi connectivity index (χ2v) is 3.38. The minimum atomic E-state index is 0.125. The minimum absolute atomic E-state index is 0.125. The summed E-state index contributed by atoms with van der Waals surface area (Å²) in [5, 5.41) is 0. The van der Waals surface area contributed by atoms with Crippen LogP contribution >= 0.6 is 0 Å². The Labute approximate surface area is 76.3 Å². The Hall–Kier alpha value is -0.643. The molecule has 0 amide bonds. The molecular weight excluding hydrogens is 166 g/mol. The van der Waals surface area contributed by atoms with Crippen molar-refractivity contribution in [2.24, 2.45) is 5.73 Å². The molecule has 1 aromatic carbocycles. The van der Waals surface area contributed by atoms with Gasteiger partial charge in [-0.05, 0) is 12.0 Å². The Bertz CT molecular complexity index is 215. The van der Waals surface area contributed by atoms with Crippen molar-refractivity contribution in [3.8, 4) is 0 Å². The van der Waals surface area contributed by atoms with Crippen LogP contribution < -0.4 is 5.73 Å². The second kappa shape index (κ2) is 5.08. The van der Waals surface area contributed by atoms with Crippen molar-refractivity contribution in [1.82, 2.24) is 0 Å². The number of hydrogen-bond acceptors (Lipinski definition) is 2. The number of rotatable bonds is 4. The third-order valence-corrected chi connectivity index (χ3v) is 2.27. The van der Waals surface area contributed by atoms with Gasteiger partial charge >= 0.3 is 0 Å². The molecule has 1 aromatic rings. The lowest BCUT2D eigenvalue weighted by atomic mass is 10.1. The summed E-state index contributed by atoms with van der Waals surface area (Å²) in [5.74, 6) is 0. The quantitative estimate of drug-likeness (QED) is 0.681. The van der Waals surface area contributed by atoms with Gasteiger partial charge in [-0.3, -0.25) is 0 Å². The first-order valence-electron chi connectivity index (χ1n) is 4.14. The third-order valence-electron chi connectivity index (χ3n) is 1.86. The van der Waals surface area contributed by atoms with Crippen LogP contribution in [-0.4, -0.2) is 17.1 Å². The van der Waals surface area contributed by atoms with Crippen molar-refractivity contribution in [1.29, 1.82) is 0 Å². The zero-order valence-electron chi connectivity index (χ0n) is 7.36. The summed E-state index contributed by atoms with van der Waals surface area (Å²) in [6, 6.07) is 10.3. The van der Waals surface area contributed by atoms with E-state index in [0.717, 1.165) is 23.5 Å². The maximum absolute atomic E-state index is 5.92. The van der Waals surface area contributed by atoms with Crippen molar-refractivity contribution < 1.29 is 4.43 Å². The molecule has 0 saturated carbocycles. The van der Waals surface area contributed by atoms with Gasteiger partial charge in [0.05, 0.1) is 0 Å². The Kier molecular flexibility index (Phi) is 4.00. The Morgan fingerprint density at radius 1 is 1.33 bits per heavy atom. The molecular formula is C9H15NOSi. The summed E-state index contributed by atoms with van der Waals surface area (Å²) in [5.41, 5.74) is 7.11. The van der Waals surface area contributed by atoms with Crippen LogP contribution in [0, 0.1) is 0 Å². The molecule has 2 N–H and O–H groups in total. The smallest absolute Gasteiger partial charge is 0.145 e. The predicted octanol–water partition coefficient (Wildman–Crippen LogP) is 0.373. The molecule has 0 aliphatic heterocycles. The van der Waals surface area contributed by atoms with E-state index in [4.69, 9.17) is 10.2 Å². The number of benzene rings is 1. The first kappa shape index (κ1) is 9.44. The van der Waals surface area contributed by atoms with E-state index < -0.39 is 0 Å². The van der Waals surface area contributed by atoms with E-state index in [9.17, 15) is 0 Å². The molecule has 0 bridgehead atoms. The maximum atomic E-state index is 5.92. The Balaban J connectivity index is 2.48. The highest BCUT2D eigenvalue weighted by atomic mass is 28.2. The summed E-state index contributed by atoms with van der Waals surface area (Å²) in [6.07, 6.45) is 0.910. The number of hydrogen-bond donors (Lipinski definition) is 1. The van der Waals surface area contributed by atoms with Crippen molar-refractivity contribution >= 4 is 10.5 Å². The van der Waals surface area contributed by atoms with Crippen LogP contribution in [0.5, 0.6) is 0 Å². The summed E-state index contributed by atoms with van der Waals surface area (Å²) in [6.45, 7) is 0.780. The Morgan fingerprint density at radius 2 is 2.00 bits per heavy atom. The molecule has 0 heterocycles. The highest BCUT2D eigenvalue weighted by Crippen LogP contribution is 2.12. The van der Waals surface area contributed by atoms with Crippen molar-refractivity contribution in [3.63, 3.8) is 0 Å². The van der Waals surface area contributed by atoms with Crippen LogP contribution in [0.2, 0.25) is 0 Å². The van der Waals surface area contributed by atoms with Crippen LogP contribution in [0.25, 0.3) is 0 Å². The molecule has 0 fully saturated rings. The van der Waals surface area contributed by atoms with Crippen molar-refractivity contribution in [2.75, 3.05) is 6.61 Å². The van der Waals surface area contributed by atoms with E-state index in [1.54, 1.807) is 0 Å². The van der Waals surface area contributed by atoms with Gasteiger partial charge in [0.15, 0.2) is 0 Å². The fourth-order valence-electron chi connectivity index (χ4n) is 1.11. The van der Waals surface area contributed by atoms with Gasteiger partial charge in [-0.2, -0.15) is 0 Å². The molecule has 12 heavy (non-hydrogen) atoms. The van der Waals surface area contributed by atoms with Crippen LogP contribution in [0.15, 0.2) is 30.3 Å². The average molecular weight is 181 g/mol. The van der Waals surface area contributed by atoms with Crippen LogP contribution in [0.1, 0.15) is 18.0 Å². The van der Waals surface area contributed by atoms with Crippen LogP contribution in [0.4, 0.5) is 0 Å². The van der Waals surface area contributed by atoms with Gasteiger partial charge in [0.25, 0.3) is 0 Å². The molecule has 0 spiro atoms. The van der Waals surface area contributed by atoms with E-state index in [1.807, 2.05) is 18.2 Å². The van der Waals surface area contributed by atoms with Gasteiger partial charge in [-0.15, -0.1) is 0 Å².